The quantitative estimate of drug-likeness (QED) is 0.761. The van der Waals surface area contributed by atoms with Gasteiger partial charge in [0.2, 0.25) is 0 Å². The van der Waals surface area contributed by atoms with Crippen LogP contribution in [0.4, 0.5) is 5.82 Å². The van der Waals surface area contributed by atoms with E-state index in [0.717, 1.165) is 24.5 Å². The van der Waals surface area contributed by atoms with Crippen LogP contribution in [0.15, 0.2) is 18.3 Å². The molecule has 2 saturated heterocycles. The molecular formula is C15H21N3O. The summed E-state index contributed by atoms with van der Waals surface area (Å²) in [6, 6.07) is 5.04. The van der Waals surface area contributed by atoms with Gasteiger partial charge in [-0.1, -0.05) is 0 Å². The molecule has 0 spiro atoms. The average Bonchev–Trinajstić information content (AvgIpc) is 2.63. The van der Waals surface area contributed by atoms with Gasteiger partial charge in [0.05, 0.1) is 5.56 Å². The van der Waals surface area contributed by atoms with Crippen molar-refractivity contribution in [3.8, 4) is 0 Å². The number of carbonyl (C=O) groups excluding carboxylic acids is 1. The number of pyridine rings is 1. The molecule has 1 aromatic heterocycles. The molecule has 19 heavy (non-hydrogen) atoms. The van der Waals surface area contributed by atoms with Gasteiger partial charge in [-0.3, -0.25) is 9.69 Å². The molecule has 2 unspecified atom stereocenters. The van der Waals surface area contributed by atoms with Gasteiger partial charge in [0.25, 0.3) is 0 Å². The van der Waals surface area contributed by atoms with Gasteiger partial charge in [0.1, 0.15) is 5.82 Å². The number of fused-ring (bicyclic) bond motifs is 2. The molecule has 0 aliphatic carbocycles. The Morgan fingerprint density at radius 2 is 2.11 bits per heavy atom. The van der Waals surface area contributed by atoms with Crippen molar-refractivity contribution in [2.24, 2.45) is 0 Å². The van der Waals surface area contributed by atoms with Crippen molar-refractivity contribution < 1.29 is 4.79 Å². The summed E-state index contributed by atoms with van der Waals surface area (Å²) in [5.41, 5.74) is 0.753. The topological polar surface area (TPSA) is 36.4 Å². The summed E-state index contributed by atoms with van der Waals surface area (Å²) >= 11 is 0. The van der Waals surface area contributed by atoms with Crippen molar-refractivity contribution in [3.63, 3.8) is 0 Å². The highest BCUT2D eigenvalue weighted by atomic mass is 16.1. The van der Waals surface area contributed by atoms with Crippen LogP contribution >= 0.6 is 0 Å². The number of anilines is 1. The van der Waals surface area contributed by atoms with Crippen LogP contribution in [-0.4, -0.2) is 47.9 Å². The molecule has 0 radical (unpaired) electrons. The van der Waals surface area contributed by atoms with Gasteiger partial charge >= 0.3 is 0 Å². The number of carbonyl (C=O) groups is 1. The second-order valence-electron chi connectivity index (χ2n) is 5.72. The summed E-state index contributed by atoms with van der Waals surface area (Å²) < 4.78 is 0. The highest BCUT2D eigenvalue weighted by molar-refractivity contribution is 5.98. The lowest BCUT2D eigenvalue weighted by molar-refractivity contribution is 0.101. The highest BCUT2D eigenvalue weighted by Gasteiger charge is 2.35. The zero-order valence-corrected chi connectivity index (χ0v) is 11.7. The van der Waals surface area contributed by atoms with E-state index in [1.165, 1.54) is 19.3 Å². The summed E-state index contributed by atoms with van der Waals surface area (Å²) in [5, 5.41) is 0. The monoisotopic (exact) mass is 259 g/mol. The van der Waals surface area contributed by atoms with E-state index in [4.69, 9.17) is 0 Å². The molecule has 4 nitrogen and oxygen atoms in total. The Hall–Kier alpha value is -1.42. The minimum atomic E-state index is 0.103. The Bertz CT molecular complexity index is 488. The SMILES string of the molecule is CC(=O)c1cccnc1N1CCC2CCC(C1)N2C. The second-order valence-corrected chi connectivity index (χ2v) is 5.72. The molecule has 3 rings (SSSR count). The minimum Gasteiger partial charge on any atom is -0.354 e. The van der Waals surface area contributed by atoms with E-state index in [1.54, 1.807) is 13.1 Å². The van der Waals surface area contributed by atoms with E-state index < -0.39 is 0 Å². The largest absolute Gasteiger partial charge is 0.354 e. The second kappa shape index (κ2) is 4.93. The molecule has 1 aromatic rings. The van der Waals surface area contributed by atoms with Gasteiger partial charge in [-0.25, -0.2) is 4.98 Å². The minimum absolute atomic E-state index is 0.103. The lowest BCUT2D eigenvalue weighted by atomic mass is 10.1. The van der Waals surface area contributed by atoms with Gasteiger partial charge in [-0.2, -0.15) is 0 Å². The van der Waals surface area contributed by atoms with Crippen LogP contribution in [0.2, 0.25) is 0 Å². The molecule has 0 amide bonds. The van der Waals surface area contributed by atoms with Crippen LogP contribution in [0, 0.1) is 0 Å². The maximum Gasteiger partial charge on any atom is 0.163 e. The lowest BCUT2D eigenvalue weighted by Gasteiger charge is -2.27. The maximum atomic E-state index is 11.7. The Kier molecular flexibility index (Phi) is 3.27. The summed E-state index contributed by atoms with van der Waals surface area (Å²) in [7, 11) is 2.23. The average molecular weight is 259 g/mol. The summed E-state index contributed by atoms with van der Waals surface area (Å²) in [4.78, 5) is 21.0. The third kappa shape index (κ3) is 2.25. The van der Waals surface area contributed by atoms with Gasteiger partial charge < -0.3 is 4.90 Å². The van der Waals surface area contributed by atoms with Crippen molar-refractivity contribution in [2.75, 3.05) is 25.0 Å². The van der Waals surface area contributed by atoms with Gasteiger partial charge in [0.15, 0.2) is 5.78 Å². The number of ketones is 1. The van der Waals surface area contributed by atoms with E-state index in [2.05, 4.69) is 21.8 Å². The van der Waals surface area contributed by atoms with Crippen LogP contribution in [0.25, 0.3) is 0 Å². The van der Waals surface area contributed by atoms with Crippen LogP contribution < -0.4 is 4.90 Å². The molecular weight excluding hydrogens is 238 g/mol. The van der Waals surface area contributed by atoms with E-state index in [9.17, 15) is 4.79 Å². The first-order valence-electron chi connectivity index (χ1n) is 7.09. The molecule has 0 aromatic carbocycles. The number of likely N-dealkylation sites (N-methyl/N-ethyl adjacent to an activating group) is 1. The lowest BCUT2D eigenvalue weighted by Crippen LogP contribution is -2.37. The number of Topliss-reactive ketones (excluding diaryl/α,β-unsaturated/α-hetero) is 1. The fraction of sp³-hybridized carbons (Fsp3) is 0.600. The number of rotatable bonds is 2. The summed E-state index contributed by atoms with van der Waals surface area (Å²) in [6.45, 7) is 3.61. The van der Waals surface area contributed by atoms with Crippen LogP contribution in [0.3, 0.4) is 0 Å². The Balaban J connectivity index is 1.89. The molecule has 2 aliphatic rings. The van der Waals surface area contributed by atoms with Crippen LogP contribution in [0.1, 0.15) is 36.5 Å². The zero-order valence-electron chi connectivity index (χ0n) is 11.7. The predicted molar refractivity (Wildman–Crippen MR) is 75.6 cm³/mol. The number of hydrogen-bond donors (Lipinski definition) is 0. The van der Waals surface area contributed by atoms with Gasteiger partial charge in [-0.15, -0.1) is 0 Å². The van der Waals surface area contributed by atoms with E-state index in [-0.39, 0.29) is 5.78 Å². The highest BCUT2D eigenvalue weighted by Crippen LogP contribution is 2.31. The number of nitrogens with zero attached hydrogens (tertiary/aromatic N) is 3. The van der Waals surface area contributed by atoms with Crippen molar-refractivity contribution in [3.05, 3.63) is 23.9 Å². The van der Waals surface area contributed by atoms with Crippen LogP contribution in [-0.2, 0) is 0 Å². The molecule has 0 N–H and O–H groups in total. The zero-order chi connectivity index (χ0) is 13.4. The van der Waals surface area contributed by atoms with Crippen molar-refractivity contribution in [1.29, 1.82) is 0 Å². The fourth-order valence-electron chi connectivity index (χ4n) is 3.42. The van der Waals surface area contributed by atoms with E-state index in [0.29, 0.717) is 12.1 Å². The number of hydrogen-bond acceptors (Lipinski definition) is 4. The Labute approximate surface area is 114 Å². The van der Waals surface area contributed by atoms with Crippen molar-refractivity contribution >= 4 is 11.6 Å². The van der Waals surface area contributed by atoms with Crippen LogP contribution in [0.5, 0.6) is 0 Å². The molecule has 2 atom stereocenters. The predicted octanol–water partition coefficient (Wildman–Crippen LogP) is 1.96. The fourth-order valence-corrected chi connectivity index (χ4v) is 3.42. The Morgan fingerprint density at radius 1 is 1.32 bits per heavy atom. The summed E-state index contributed by atoms with van der Waals surface area (Å²) in [5.74, 6) is 0.974. The first kappa shape index (κ1) is 12.6. The van der Waals surface area contributed by atoms with Gasteiger partial charge in [0, 0.05) is 31.4 Å². The molecule has 102 valence electrons. The molecule has 4 heteroatoms. The molecule has 2 fully saturated rings. The van der Waals surface area contributed by atoms with E-state index >= 15 is 0 Å². The van der Waals surface area contributed by atoms with E-state index in [1.807, 2.05) is 12.1 Å². The van der Waals surface area contributed by atoms with Gasteiger partial charge in [-0.05, 0) is 45.4 Å². The standard InChI is InChI=1S/C15H21N3O/c1-11(19)14-4-3-8-16-15(14)18-9-7-12-5-6-13(10-18)17(12)2/h3-4,8,12-13H,5-7,9-10H2,1-2H3. The molecule has 2 aliphatic heterocycles. The summed E-state index contributed by atoms with van der Waals surface area (Å²) in [6.07, 6.45) is 5.53. The molecule has 0 saturated carbocycles. The maximum absolute atomic E-state index is 11.7. The smallest absolute Gasteiger partial charge is 0.163 e. The molecule has 3 heterocycles. The van der Waals surface area contributed by atoms with Crippen molar-refractivity contribution in [2.45, 2.75) is 38.3 Å². The molecule has 2 bridgehead atoms. The number of aromatic nitrogens is 1. The first-order valence-corrected chi connectivity index (χ1v) is 7.09. The normalized spacial score (nSPS) is 27.4. The first-order chi connectivity index (χ1) is 9.16. The third-order valence-corrected chi connectivity index (χ3v) is 4.61. The van der Waals surface area contributed by atoms with Crippen molar-refractivity contribution in [1.82, 2.24) is 9.88 Å². The third-order valence-electron chi connectivity index (χ3n) is 4.61. The Morgan fingerprint density at radius 3 is 2.89 bits per heavy atom.